The van der Waals surface area contributed by atoms with Crippen molar-refractivity contribution in [2.24, 2.45) is 5.73 Å². The molecule has 0 aliphatic heterocycles. The van der Waals surface area contributed by atoms with Crippen molar-refractivity contribution < 1.29 is 4.79 Å². The van der Waals surface area contributed by atoms with Gasteiger partial charge in [-0.15, -0.1) is 0 Å². The number of aromatic nitrogens is 2. The zero-order valence-electron chi connectivity index (χ0n) is 13.9. The van der Waals surface area contributed by atoms with Gasteiger partial charge in [0.25, 0.3) is 0 Å². The Morgan fingerprint density at radius 3 is 2.72 bits per heavy atom. The van der Waals surface area contributed by atoms with Crippen LogP contribution in [0.2, 0.25) is 0 Å². The van der Waals surface area contributed by atoms with Crippen molar-refractivity contribution in [1.82, 2.24) is 9.97 Å². The number of carbonyl (C=O) groups is 1. The Morgan fingerprint density at radius 2 is 1.88 bits per heavy atom. The molecule has 4 heteroatoms. The molecule has 2 aromatic heterocycles. The van der Waals surface area contributed by atoms with Crippen molar-refractivity contribution in [1.29, 1.82) is 0 Å². The van der Waals surface area contributed by atoms with Gasteiger partial charge in [0.2, 0.25) is 5.91 Å². The Bertz CT molecular complexity index is 1110. The number of hydrogen-bond donors (Lipinski definition) is 1. The summed E-state index contributed by atoms with van der Waals surface area (Å²) in [5.41, 5.74) is 11.1. The third-order valence-electron chi connectivity index (χ3n) is 4.38. The molecule has 0 unspecified atom stereocenters. The monoisotopic (exact) mass is 327 g/mol. The SMILES string of the molecule is Cc1cc(-c2cccc3ncccc23)nc2cc(CC(N)=O)ccc12. The van der Waals surface area contributed by atoms with Crippen LogP contribution in [-0.4, -0.2) is 15.9 Å². The van der Waals surface area contributed by atoms with Crippen LogP contribution in [0.1, 0.15) is 11.1 Å². The van der Waals surface area contributed by atoms with Gasteiger partial charge in [-0.05, 0) is 42.3 Å². The summed E-state index contributed by atoms with van der Waals surface area (Å²) in [5, 5.41) is 2.15. The Hall–Kier alpha value is -3.27. The maximum absolute atomic E-state index is 11.2. The lowest BCUT2D eigenvalue weighted by molar-refractivity contribution is -0.117. The molecule has 0 saturated heterocycles. The highest BCUT2D eigenvalue weighted by Gasteiger charge is 2.10. The summed E-state index contributed by atoms with van der Waals surface area (Å²) >= 11 is 0. The molecule has 4 rings (SSSR count). The molecule has 4 aromatic rings. The van der Waals surface area contributed by atoms with Crippen LogP contribution in [0.15, 0.2) is 60.8 Å². The summed E-state index contributed by atoms with van der Waals surface area (Å²) in [4.78, 5) is 20.5. The van der Waals surface area contributed by atoms with Crippen LogP contribution in [0.25, 0.3) is 33.1 Å². The van der Waals surface area contributed by atoms with Crippen molar-refractivity contribution in [2.75, 3.05) is 0 Å². The highest BCUT2D eigenvalue weighted by Crippen LogP contribution is 2.29. The van der Waals surface area contributed by atoms with E-state index in [1.54, 1.807) is 6.20 Å². The second kappa shape index (κ2) is 5.98. The Labute approximate surface area is 145 Å². The highest BCUT2D eigenvalue weighted by molar-refractivity contribution is 5.95. The zero-order chi connectivity index (χ0) is 17.4. The molecule has 4 nitrogen and oxygen atoms in total. The third kappa shape index (κ3) is 2.83. The van der Waals surface area contributed by atoms with Crippen molar-refractivity contribution in [3.05, 3.63) is 71.9 Å². The summed E-state index contributed by atoms with van der Waals surface area (Å²) in [7, 11) is 0. The van der Waals surface area contributed by atoms with Gasteiger partial charge >= 0.3 is 0 Å². The second-order valence-electron chi connectivity index (χ2n) is 6.19. The highest BCUT2D eigenvalue weighted by atomic mass is 16.1. The number of hydrogen-bond acceptors (Lipinski definition) is 3. The van der Waals surface area contributed by atoms with Gasteiger partial charge in [-0.2, -0.15) is 0 Å². The van der Waals surface area contributed by atoms with Crippen LogP contribution in [0.3, 0.4) is 0 Å². The summed E-state index contributed by atoms with van der Waals surface area (Å²) in [6.45, 7) is 2.07. The van der Waals surface area contributed by atoms with Crippen molar-refractivity contribution in [3.8, 4) is 11.3 Å². The molecule has 2 N–H and O–H groups in total. The zero-order valence-corrected chi connectivity index (χ0v) is 13.9. The first kappa shape index (κ1) is 15.3. The lowest BCUT2D eigenvalue weighted by atomic mass is 10.0. The van der Waals surface area contributed by atoms with Gasteiger partial charge in [-0.3, -0.25) is 9.78 Å². The van der Waals surface area contributed by atoms with Crippen molar-refractivity contribution >= 4 is 27.7 Å². The van der Waals surface area contributed by atoms with E-state index in [1.807, 2.05) is 36.4 Å². The lowest BCUT2D eigenvalue weighted by Crippen LogP contribution is -2.13. The van der Waals surface area contributed by atoms with Gasteiger partial charge in [0.05, 0.1) is 23.1 Å². The van der Waals surface area contributed by atoms with E-state index in [0.29, 0.717) is 0 Å². The van der Waals surface area contributed by atoms with Crippen LogP contribution >= 0.6 is 0 Å². The molecule has 0 aliphatic rings. The van der Waals surface area contributed by atoms with Gasteiger partial charge < -0.3 is 5.73 Å². The molecular weight excluding hydrogens is 310 g/mol. The van der Waals surface area contributed by atoms with Crippen molar-refractivity contribution in [2.45, 2.75) is 13.3 Å². The number of primary amides is 1. The number of nitrogens with zero attached hydrogens (tertiary/aromatic N) is 2. The van der Waals surface area contributed by atoms with Crippen LogP contribution in [0.4, 0.5) is 0 Å². The first-order chi connectivity index (χ1) is 12.1. The molecule has 0 fully saturated rings. The minimum Gasteiger partial charge on any atom is -0.369 e. The number of nitrogens with two attached hydrogens (primary N) is 1. The fraction of sp³-hybridized carbons (Fsp3) is 0.0952. The van der Waals surface area contributed by atoms with E-state index < -0.39 is 0 Å². The third-order valence-corrected chi connectivity index (χ3v) is 4.38. The minimum absolute atomic E-state index is 0.221. The van der Waals surface area contributed by atoms with Gasteiger partial charge in [0, 0.05) is 22.5 Å². The average Bonchev–Trinajstić information content (AvgIpc) is 2.60. The predicted molar refractivity (Wildman–Crippen MR) is 100 cm³/mol. The average molecular weight is 327 g/mol. The predicted octanol–water partition coefficient (Wildman–Crippen LogP) is 3.79. The van der Waals surface area contributed by atoms with Crippen LogP contribution in [0.5, 0.6) is 0 Å². The summed E-state index contributed by atoms with van der Waals surface area (Å²) in [6, 6.07) is 18.0. The van der Waals surface area contributed by atoms with E-state index in [1.165, 1.54) is 0 Å². The van der Waals surface area contributed by atoms with Crippen LogP contribution in [0, 0.1) is 6.92 Å². The lowest BCUT2D eigenvalue weighted by Gasteiger charge is -2.10. The molecule has 2 aromatic carbocycles. The van der Waals surface area contributed by atoms with Crippen LogP contribution < -0.4 is 5.73 Å². The summed E-state index contributed by atoms with van der Waals surface area (Å²) in [5.74, 6) is -0.340. The maximum Gasteiger partial charge on any atom is 0.221 e. The molecule has 0 atom stereocenters. The van der Waals surface area contributed by atoms with Crippen molar-refractivity contribution in [3.63, 3.8) is 0 Å². The fourth-order valence-electron chi connectivity index (χ4n) is 3.22. The first-order valence-corrected chi connectivity index (χ1v) is 8.14. The summed E-state index contributed by atoms with van der Waals surface area (Å²) in [6.07, 6.45) is 2.01. The summed E-state index contributed by atoms with van der Waals surface area (Å²) < 4.78 is 0. The molecular formula is C21H17N3O. The van der Waals surface area contributed by atoms with Gasteiger partial charge in [-0.25, -0.2) is 4.98 Å². The van der Waals surface area contributed by atoms with Gasteiger partial charge in [-0.1, -0.05) is 30.3 Å². The van der Waals surface area contributed by atoms with Crippen LogP contribution in [-0.2, 0) is 11.2 Å². The van der Waals surface area contributed by atoms with Gasteiger partial charge in [0.1, 0.15) is 0 Å². The minimum atomic E-state index is -0.340. The molecule has 0 saturated carbocycles. The van der Waals surface area contributed by atoms with E-state index >= 15 is 0 Å². The molecule has 2 heterocycles. The quantitative estimate of drug-likeness (QED) is 0.622. The number of pyridine rings is 2. The largest absolute Gasteiger partial charge is 0.369 e. The first-order valence-electron chi connectivity index (χ1n) is 8.14. The normalized spacial score (nSPS) is 11.1. The van der Waals surface area contributed by atoms with E-state index in [4.69, 9.17) is 10.7 Å². The Kier molecular flexibility index (Phi) is 3.65. The molecule has 0 bridgehead atoms. The smallest absolute Gasteiger partial charge is 0.221 e. The number of benzene rings is 2. The molecule has 122 valence electrons. The Morgan fingerprint density at radius 1 is 1.00 bits per heavy atom. The van der Waals surface area contributed by atoms with E-state index in [0.717, 1.165) is 44.2 Å². The molecule has 0 spiro atoms. The second-order valence-corrected chi connectivity index (χ2v) is 6.19. The molecule has 1 amide bonds. The fourth-order valence-corrected chi connectivity index (χ4v) is 3.22. The van der Waals surface area contributed by atoms with E-state index in [-0.39, 0.29) is 12.3 Å². The van der Waals surface area contributed by atoms with E-state index in [9.17, 15) is 4.79 Å². The molecule has 0 aliphatic carbocycles. The number of rotatable bonds is 3. The number of amides is 1. The standard InChI is InChI=1S/C21H17N3O/c1-13-10-19(17-4-2-6-18-16(17)5-3-9-23-18)24-20-11-14(12-21(22)25)7-8-15(13)20/h2-11H,12H2,1H3,(H2,22,25). The number of carbonyl (C=O) groups excluding carboxylic acids is 1. The number of fused-ring (bicyclic) bond motifs is 2. The number of aryl methyl sites for hydroxylation is 1. The van der Waals surface area contributed by atoms with E-state index in [2.05, 4.69) is 30.1 Å². The maximum atomic E-state index is 11.2. The molecule has 0 radical (unpaired) electrons. The van der Waals surface area contributed by atoms with Gasteiger partial charge in [0.15, 0.2) is 0 Å². The Balaban J connectivity index is 1.93. The topological polar surface area (TPSA) is 68.9 Å². The molecule has 25 heavy (non-hydrogen) atoms.